The van der Waals surface area contributed by atoms with Crippen LogP contribution < -0.4 is 10.6 Å². The zero-order valence-corrected chi connectivity index (χ0v) is 17.8. The van der Waals surface area contributed by atoms with E-state index in [4.69, 9.17) is 9.41 Å². The third-order valence-electron chi connectivity index (χ3n) is 5.22. The summed E-state index contributed by atoms with van der Waals surface area (Å²) >= 11 is 0. The molecule has 1 unspecified atom stereocenters. The summed E-state index contributed by atoms with van der Waals surface area (Å²) in [7, 11) is 1.99. The maximum Gasteiger partial charge on any atom is 0.191 e. The number of para-hydroxylation sites is 1. The molecule has 2 N–H and O–H groups in total. The fourth-order valence-corrected chi connectivity index (χ4v) is 3.55. The molecule has 28 heavy (non-hydrogen) atoms. The summed E-state index contributed by atoms with van der Waals surface area (Å²) in [4.78, 5) is 4.75. The van der Waals surface area contributed by atoms with Crippen LogP contribution in [-0.4, -0.2) is 28.3 Å². The van der Waals surface area contributed by atoms with Gasteiger partial charge in [-0.1, -0.05) is 18.2 Å². The number of nitrogens with one attached hydrogen (secondary N) is 2. The van der Waals surface area contributed by atoms with Gasteiger partial charge in [-0.2, -0.15) is 5.10 Å². The molecular weight excluding hydrogens is 350 g/mol. The van der Waals surface area contributed by atoms with Gasteiger partial charge in [-0.05, 0) is 52.7 Å². The van der Waals surface area contributed by atoms with Crippen LogP contribution in [0, 0.1) is 20.8 Å². The SMILES string of the molecule is CCNC(=NCc1oc2ccccc2c1C)NC(C)Cc1c(C)nn(C)c1C. The number of aryl methyl sites for hydroxylation is 3. The molecular formula is C22H31N5O. The van der Waals surface area contributed by atoms with E-state index in [0.717, 1.165) is 46.9 Å². The van der Waals surface area contributed by atoms with Gasteiger partial charge in [-0.3, -0.25) is 4.68 Å². The van der Waals surface area contributed by atoms with Crippen LogP contribution in [0.4, 0.5) is 0 Å². The maximum atomic E-state index is 5.99. The number of aromatic nitrogens is 2. The molecule has 0 amide bonds. The van der Waals surface area contributed by atoms with Crippen molar-refractivity contribution in [2.75, 3.05) is 6.54 Å². The van der Waals surface area contributed by atoms with E-state index in [1.54, 1.807) is 0 Å². The van der Waals surface area contributed by atoms with Crippen LogP contribution in [0.1, 0.15) is 42.1 Å². The van der Waals surface area contributed by atoms with Crippen LogP contribution in [0.5, 0.6) is 0 Å². The smallest absolute Gasteiger partial charge is 0.191 e. The first-order chi connectivity index (χ1) is 13.4. The number of furan rings is 1. The first-order valence-electron chi connectivity index (χ1n) is 9.91. The summed E-state index contributed by atoms with van der Waals surface area (Å²) in [5.74, 6) is 1.71. The molecule has 0 bridgehead atoms. The molecule has 0 aliphatic heterocycles. The predicted octanol–water partition coefficient (Wildman–Crippen LogP) is 3.78. The predicted molar refractivity (Wildman–Crippen MR) is 115 cm³/mol. The van der Waals surface area contributed by atoms with Crippen molar-refractivity contribution in [2.45, 2.75) is 53.6 Å². The molecule has 2 aromatic heterocycles. The Morgan fingerprint density at radius 1 is 1.25 bits per heavy atom. The number of aliphatic imine (C=N–C) groups is 1. The summed E-state index contributed by atoms with van der Waals surface area (Å²) in [6, 6.07) is 8.35. The van der Waals surface area contributed by atoms with Crippen molar-refractivity contribution in [1.82, 2.24) is 20.4 Å². The lowest BCUT2D eigenvalue weighted by Crippen LogP contribution is -2.43. The number of hydrogen-bond acceptors (Lipinski definition) is 3. The van der Waals surface area contributed by atoms with Gasteiger partial charge >= 0.3 is 0 Å². The maximum absolute atomic E-state index is 5.99. The Morgan fingerprint density at radius 3 is 2.64 bits per heavy atom. The second kappa shape index (κ2) is 8.50. The molecule has 0 fully saturated rings. The lowest BCUT2D eigenvalue weighted by atomic mass is 10.1. The highest BCUT2D eigenvalue weighted by molar-refractivity contribution is 5.82. The highest BCUT2D eigenvalue weighted by Gasteiger charge is 2.14. The Bertz CT molecular complexity index is 982. The van der Waals surface area contributed by atoms with Gasteiger partial charge in [0.25, 0.3) is 0 Å². The van der Waals surface area contributed by atoms with E-state index in [1.165, 1.54) is 11.3 Å². The highest BCUT2D eigenvalue weighted by Crippen LogP contribution is 2.25. The second-order valence-corrected chi connectivity index (χ2v) is 7.36. The lowest BCUT2D eigenvalue weighted by Gasteiger charge is -2.18. The van der Waals surface area contributed by atoms with Crippen molar-refractivity contribution < 1.29 is 4.42 Å². The standard InChI is InChI=1S/C22H31N5O/c1-7-23-22(25-14(2)12-19-16(4)26-27(6)17(19)5)24-13-21-15(3)18-10-8-9-11-20(18)28-21/h8-11,14H,7,12-13H2,1-6H3,(H2,23,24,25). The second-order valence-electron chi connectivity index (χ2n) is 7.36. The Hall–Kier alpha value is -2.76. The molecule has 0 aliphatic rings. The first-order valence-corrected chi connectivity index (χ1v) is 9.91. The third-order valence-corrected chi connectivity index (χ3v) is 5.22. The highest BCUT2D eigenvalue weighted by atomic mass is 16.3. The summed E-state index contributed by atoms with van der Waals surface area (Å²) in [6.07, 6.45) is 0.902. The largest absolute Gasteiger partial charge is 0.459 e. The van der Waals surface area contributed by atoms with E-state index >= 15 is 0 Å². The van der Waals surface area contributed by atoms with Crippen LogP contribution in [0.15, 0.2) is 33.7 Å². The molecule has 6 nitrogen and oxygen atoms in total. The number of hydrogen-bond donors (Lipinski definition) is 2. The molecule has 1 atom stereocenters. The Kier molecular flexibility index (Phi) is 6.07. The number of guanidine groups is 1. The summed E-state index contributed by atoms with van der Waals surface area (Å²) in [6.45, 7) is 11.8. The summed E-state index contributed by atoms with van der Waals surface area (Å²) in [5.41, 5.74) is 5.68. The van der Waals surface area contributed by atoms with Crippen molar-refractivity contribution >= 4 is 16.9 Å². The molecule has 1 aromatic carbocycles. The molecule has 3 aromatic rings. The molecule has 0 saturated heterocycles. The van der Waals surface area contributed by atoms with Crippen molar-refractivity contribution in [1.29, 1.82) is 0 Å². The number of rotatable bonds is 6. The van der Waals surface area contributed by atoms with Gasteiger partial charge in [0, 0.05) is 36.3 Å². The van der Waals surface area contributed by atoms with Gasteiger partial charge in [0.2, 0.25) is 0 Å². The number of benzene rings is 1. The van der Waals surface area contributed by atoms with E-state index < -0.39 is 0 Å². The van der Waals surface area contributed by atoms with Crippen LogP contribution in [-0.2, 0) is 20.0 Å². The molecule has 0 saturated carbocycles. The molecule has 6 heteroatoms. The zero-order chi connectivity index (χ0) is 20.3. The van der Waals surface area contributed by atoms with Gasteiger partial charge in [0.05, 0.1) is 5.69 Å². The number of fused-ring (bicyclic) bond motifs is 1. The topological polar surface area (TPSA) is 67.4 Å². The molecule has 0 aliphatic carbocycles. The van der Waals surface area contributed by atoms with Crippen molar-refractivity contribution in [3.8, 4) is 0 Å². The fraction of sp³-hybridized carbons (Fsp3) is 0.455. The fourth-order valence-electron chi connectivity index (χ4n) is 3.55. The Labute approximate surface area is 167 Å². The van der Waals surface area contributed by atoms with Crippen LogP contribution in [0.3, 0.4) is 0 Å². The molecule has 150 valence electrons. The normalized spacial score (nSPS) is 13.1. The minimum absolute atomic E-state index is 0.233. The van der Waals surface area contributed by atoms with Crippen LogP contribution in [0.25, 0.3) is 11.0 Å². The van der Waals surface area contributed by atoms with Crippen molar-refractivity contribution in [2.24, 2.45) is 12.0 Å². The van der Waals surface area contributed by atoms with Crippen molar-refractivity contribution in [3.63, 3.8) is 0 Å². The average molecular weight is 382 g/mol. The average Bonchev–Trinajstić information content (AvgIpc) is 3.11. The van der Waals surface area contributed by atoms with E-state index in [0.29, 0.717) is 6.54 Å². The minimum atomic E-state index is 0.233. The van der Waals surface area contributed by atoms with Gasteiger partial charge in [0.1, 0.15) is 17.9 Å². The Balaban J connectivity index is 1.72. The molecule has 2 heterocycles. The van der Waals surface area contributed by atoms with Crippen LogP contribution in [0.2, 0.25) is 0 Å². The number of nitrogens with zero attached hydrogens (tertiary/aromatic N) is 3. The van der Waals surface area contributed by atoms with Gasteiger partial charge in [0.15, 0.2) is 5.96 Å². The van der Waals surface area contributed by atoms with E-state index in [-0.39, 0.29) is 6.04 Å². The van der Waals surface area contributed by atoms with E-state index in [2.05, 4.69) is 56.4 Å². The third kappa shape index (κ3) is 4.21. The monoisotopic (exact) mass is 381 g/mol. The van der Waals surface area contributed by atoms with Gasteiger partial charge in [-0.15, -0.1) is 0 Å². The van der Waals surface area contributed by atoms with Crippen molar-refractivity contribution in [3.05, 3.63) is 52.5 Å². The van der Waals surface area contributed by atoms with E-state index in [9.17, 15) is 0 Å². The molecule has 0 spiro atoms. The molecule has 0 radical (unpaired) electrons. The van der Waals surface area contributed by atoms with E-state index in [1.807, 2.05) is 29.9 Å². The Morgan fingerprint density at radius 2 is 2.00 bits per heavy atom. The molecule has 3 rings (SSSR count). The quantitative estimate of drug-likeness (QED) is 0.504. The lowest BCUT2D eigenvalue weighted by molar-refractivity contribution is 0.546. The van der Waals surface area contributed by atoms with Crippen LogP contribution >= 0.6 is 0 Å². The van der Waals surface area contributed by atoms with Gasteiger partial charge < -0.3 is 15.1 Å². The zero-order valence-electron chi connectivity index (χ0n) is 17.8. The first kappa shape index (κ1) is 20.0. The minimum Gasteiger partial charge on any atom is -0.459 e. The summed E-state index contributed by atoms with van der Waals surface area (Å²) < 4.78 is 7.93. The van der Waals surface area contributed by atoms with Gasteiger partial charge in [-0.25, -0.2) is 4.99 Å². The summed E-state index contributed by atoms with van der Waals surface area (Å²) in [5, 5.41) is 12.5.